The van der Waals surface area contributed by atoms with E-state index in [0.717, 1.165) is 12.1 Å². The molecule has 2 nitrogen and oxygen atoms in total. The monoisotopic (exact) mass is 214 g/mol. The molecular formula is C11H12F2O2. The minimum absolute atomic E-state index is 0.0379. The van der Waals surface area contributed by atoms with Crippen molar-refractivity contribution in [3.8, 4) is 5.75 Å². The molecule has 1 aromatic carbocycles. The lowest BCUT2D eigenvalue weighted by Gasteiger charge is -2.07. The summed E-state index contributed by atoms with van der Waals surface area (Å²) >= 11 is 0. The highest BCUT2D eigenvalue weighted by Crippen LogP contribution is 2.23. The molecule has 0 aliphatic heterocycles. The van der Waals surface area contributed by atoms with Crippen molar-refractivity contribution in [2.75, 3.05) is 6.61 Å². The third-order valence-electron chi connectivity index (χ3n) is 1.93. The van der Waals surface area contributed by atoms with Gasteiger partial charge in [-0.2, -0.15) is 0 Å². The van der Waals surface area contributed by atoms with Crippen molar-refractivity contribution in [2.45, 2.75) is 20.3 Å². The van der Waals surface area contributed by atoms with E-state index in [1.54, 1.807) is 13.8 Å². The topological polar surface area (TPSA) is 26.3 Å². The average molecular weight is 214 g/mol. The van der Waals surface area contributed by atoms with E-state index < -0.39 is 17.4 Å². The second-order valence-corrected chi connectivity index (χ2v) is 2.98. The number of ketones is 1. The first kappa shape index (κ1) is 11.6. The number of benzene rings is 1. The fraction of sp³-hybridized carbons (Fsp3) is 0.364. The highest BCUT2D eigenvalue weighted by atomic mass is 19.1. The number of rotatable bonds is 4. The van der Waals surface area contributed by atoms with E-state index in [-0.39, 0.29) is 24.4 Å². The molecule has 1 aromatic rings. The average Bonchev–Trinajstić information content (AvgIpc) is 2.22. The van der Waals surface area contributed by atoms with E-state index in [4.69, 9.17) is 4.74 Å². The van der Waals surface area contributed by atoms with Gasteiger partial charge in [0.15, 0.2) is 23.2 Å². The summed E-state index contributed by atoms with van der Waals surface area (Å²) in [5, 5.41) is 0. The highest BCUT2D eigenvalue weighted by Gasteiger charge is 2.14. The molecular weight excluding hydrogens is 202 g/mol. The molecule has 0 heterocycles. The van der Waals surface area contributed by atoms with Gasteiger partial charge in [0.1, 0.15) is 0 Å². The van der Waals surface area contributed by atoms with Crippen molar-refractivity contribution in [2.24, 2.45) is 0 Å². The van der Waals surface area contributed by atoms with Crippen molar-refractivity contribution >= 4 is 5.78 Å². The van der Waals surface area contributed by atoms with Crippen LogP contribution < -0.4 is 4.74 Å². The molecule has 0 amide bonds. The van der Waals surface area contributed by atoms with E-state index in [9.17, 15) is 13.6 Å². The van der Waals surface area contributed by atoms with E-state index in [1.807, 2.05) is 0 Å². The molecule has 0 radical (unpaired) electrons. The second kappa shape index (κ2) is 4.87. The smallest absolute Gasteiger partial charge is 0.190 e. The normalized spacial score (nSPS) is 10.1. The van der Waals surface area contributed by atoms with Crippen molar-refractivity contribution in [1.82, 2.24) is 0 Å². The SMILES string of the molecule is CCOc1c(F)cc(C(=O)CC)cc1F. The molecule has 0 aromatic heterocycles. The number of ether oxygens (including phenoxy) is 1. The Morgan fingerprint density at radius 3 is 2.20 bits per heavy atom. The molecule has 15 heavy (non-hydrogen) atoms. The highest BCUT2D eigenvalue weighted by molar-refractivity contribution is 5.96. The third kappa shape index (κ3) is 2.52. The van der Waals surface area contributed by atoms with Crippen LogP contribution >= 0.6 is 0 Å². The molecule has 0 bridgehead atoms. The van der Waals surface area contributed by atoms with E-state index in [1.165, 1.54) is 0 Å². The molecule has 0 saturated carbocycles. The van der Waals surface area contributed by atoms with Gasteiger partial charge in [-0.05, 0) is 19.1 Å². The largest absolute Gasteiger partial charge is 0.488 e. The van der Waals surface area contributed by atoms with E-state index in [2.05, 4.69) is 0 Å². The van der Waals surface area contributed by atoms with Gasteiger partial charge < -0.3 is 4.74 Å². The fourth-order valence-corrected chi connectivity index (χ4v) is 1.21. The first-order chi connectivity index (χ1) is 7.10. The van der Waals surface area contributed by atoms with Gasteiger partial charge in [0.05, 0.1) is 6.61 Å². The van der Waals surface area contributed by atoms with Gasteiger partial charge in [0.2, 0.25) is 0 Å². The minimum atomic E-state index is -0.839. The lowest BCUT2D eigenvalue weighted by molar-refractivity contribution is 0.0987. The summed E-state index contributed by atoms with van der Waals surface area (Å²) in [4.78, 5) is 11.2. The van der Waals surface area contributed by atoms with Gasteiger partial charge in [-0.3, -0.25) is 4.79 Å². The molecule has 82 valence electrons. The number of Topliss-reactive ketones (excluding diaryl/α,β-unsaturated/α-hetero) is 1. The first-order valence-electron chi connectivity index (χ1n) is 4.75. The van der Waals surface area contributed by atoms with Crippen LogP contribution in [0.5, 0.6) is 5.75 Å². The van der Waals surface area contributed by atoms with E-state index in [0.29, 0.717) is 0 Å². The Hall–Kier alpha value is -1.45. The van der Waals surface area contributed by atoms with Crippen molar-refractivity contribution in [3.63, 3.8) is 0 Å². The third-order valence-corrected chi connectivity index (χ3v) is 1.93. The maximum Gasteiger partial charge on any atom is 0.190 e. The Morgan fingerprint density at radius 2 is 1.80 bits per heavy atom. The molecule has 0 saturated heterocycles. The molecule has 4 heteroatoms. The zero-order valence-corrected chi connectivity index (χ0v) is 8.64. The van der Waals surface area contributed by atoms with Gasteiger partial charge in [-0.15, -0.1) is 0 Å². The molecule has 0 unspecified atom stereocenters. The molecule has 0 aliphatic rings. The van der Waals surface area contributed by atoms with Crippen LogP contribution in [0.1, 0.15) is 30.6 Å². The molecule has 0 atom stereocenters. The summed E-state index contributed by atoms with van der Waals surface area (Å²) in [6.07, 6.45) is 0.215. The van der Waals surface area contributed by atoms with Gasteiger partial charge in [0, 0.05) is 12.0 Å². The number of halogens is 2. The Kier molecular flexibility index (Phi) is 3.77. The van der Waals surface area contributed by atoms with Crippen molar-refractivity contribution in [1.29, 1.82) is 0 Å². The molecule has 0 aliphatic carbocycles. The molecule has 0 fully saturated rings. The second-order valence-electron chi connectivity index (χ2n) is 2.98. The molecule has 1 rings (SSSR count). The zero-order chi connectivity index (χ0) is 11.4. The van der Waals surface area contributed by atoms with Crippen LogP contribution in [0.3, 0.4) is 0 Å². The summed E-state index contributed by atoms with van der Waals surface area (Å²) in [7, 11) is 0. The van der Waals surface area contributed by atoms with Gasteiger partial charge >= 0.3 is 0 Å². The molecule has 0 N–H and O–H groups in total. The number of carbonyl (C=O) groups is 1. The maximum atomic E-state index is 13.3. The zero-order valence-electron chi connectivity index (χ0n) is 8.64. The summed E-state index contributed by atoms with van der Waals surface area (Å²) in [5.41, 5.74) is 0.0379. The van der Waals surface area contributed by atoms with Crippen LogP contribution in [-0.2, 0) is 0 Å². The standard InChI is InChI=1S/C11H12F2O2/c1-3-10(14)7-5-8(12)11(15-4-2)9(13)6-7/h5-6H,3-4H2,1-2H3. The Bertz CT molecular complexity index is 352. The quantitative estimate of drug-likeness (QED) is 0.720. The van der Waals surface area contributed by atoms with Crippen LogP contribution in [0, 0.1) is 11.6 Å². The summed E-state index contributed by atoms with van der Waals surface area (Å²) < 4.78 is 31.3. The maximum absolute atomic E-state index is 13.3. The van der Waals surface area contributed by atoms with Crippen LogP contribution in [0.25, 0.3) is 0 Å². The fourth-order valence-electron chi connectivity index (χ4n) is 1.21. The van der Waals surface area contributed by atoms with Crippen LogP contribution in [-0.4, -0.2) is 12.4 Å². The van der Waals surface area contributed by atoms with Gasteiger partial charge in [-0.1, -0.05) is 6.92 Å². The van der Waals surface area contributed by atoms with Gasteiger partial charge in [-0.25, -0.2) is 8.78 Å². The Labute approximate surface area is 86.9 Å². The minimum Gasteiger partial charge on any atom is -0.488 e. The number of hydrogen-bond donors (Lipinski definition) is 0. The van der Waals surface area contributed by atoms with E-state index >= 15 is 0 Å². The summed E-state index contributed by atoms with van der Waals surface area (Å²) in [6.45, 7) is 3.44. The van der Waals surface area contributed by atoms with Gasteiger partial charge in [0.25, 0.3) is 0 Å². The number of hydrogen-bond acceptors (Lipinski definition) is 2. The summed E-state index contributed by atoms with van der Waals surface area (Å²) in [6, 6.07) is 2.00. The predicted octanol–water partition coefficient (Wildman–Crippen LogP) is 2.96. The summed E-state index contributed by atoms with van der Waals surface area (Å²) in [5.74, 6) is -2.40. The Morgan fingerprint density at radius 1 is 1.27 bits per heavy atom. The molecule has 0 spiro atoms. The van der Waals surface area contributed by atoms with Crippen molar-refractivity contribution in [3.05, 3.63) is 29.3 Å². The van der Waals surface area contributed by atoms with Crippen LogP contribution in [0.2, 0.25) is 0 Å². The lowest BCUT2D eigenvalue weighted by atomic mass is 10.1. The Balaban J connectivity index is 3.13. The predicted molar refractivity (Wildman–Crippen MR) is 52.1 cm³/mol. The van der Waals surface area contributed by atoms with Crippen LogP contribution in [0.4, 0.5) is 8.78 Å². The lowest BCUT2D eigenvalue weighted by Crippen LogP contribution is -2.03. The first-order valence-corrected chi connectivity index (χ1v) is 4.75. The van der Waals surface area contributed by atoms with Crippen molar-refractivity contribution < 1.29 is 18.3 Å². The number of carbonyl (C=O) groups excluding carboxylic acids is 1. The van der Waals surface area contributed by atoms with Crippen LogP contribution in [0.15, 0.2) is 12.1 Å².